The highest BCUT2D eigenvalue weighted by Gasteiger charge is 2.30. The molecule has 0 saturated carbocycles. The first-order valence-electron chi connectivity index (χ1n) is 3.53. The van der Waals surface area contributed by atoms with Gasteiger partial charge in [0, 0.05) is 0 Å². The molecular weight excluding hydrogens is 179 g/mol. The van der Waals surface area contributed by atoms with Crippen molar-refractivity contribution in [3.05, 3.63) is 34.9 Å². The highest BCUT2D eigenvalue weighted by atomic mass is 19.4. The van der Waals surface area contributed by atoms with E-state index in [4.69, 9.17) is 5.26 Å². The number of nitriles is 1. The Hall–Kier alpha value is -1.50. The minimum Gasteiger partial charge on any atom is -0.192 e. The monoisotopic (exact) mass is 185 g/mol. The molecule has 0 aliphatic rings. The quantitative estimate of drug-likeness (QED) is 0.609. The lowest BCUT2D eigenvalue weighted by Crippen LogP contribution is -2.05. The third kappa shape index (κ3) is 2.00. The van der Waals surface area contributed by atoms with Gasteiger partial charge in [0.1, 0.15) is 0 Å². The zero-order chi connectivity index (χ0) is 10.1. The van der Waals surface area contributed by atoms with Crippen molar-refractivity contribution in [3.8, 4) is 6.07 Å². The van der Waals surface area contributed by atoms with Crippen LogP contribution in [0.3, 0.4) is 0 Å². The van der Waals surface area contributed by atoms with Gasteiger partial charge in [-0.3, -0.25) is 0 Å². The molecule has 0 spiro atoms. The van der Waals surface area contributed by atoms with E-state index in [1.54, 1.807) is 13.0 Å². The average molecular weight is 185 g/mol. The molecule has 1 nitrogen and oxygen atoms in total. The lowest BCUT2D eigenvalue weighted by Gasteiger charge is -2.07. The zero-order valence-corrected chi connectivity index (χ0v) is 6.81. The molecule has 0 amide bonds. The van der Waals surface area contributed by atoms with Crippen molar-refractivity contribution in [3.63, 3.8) is 0 Å². The average Bonchev–Trinajstić information content (AvgIpc) is 2.03. The number of alkyl halides is 3. The van der Waals surface area contributed by atoms with Gasteiger partial charge in [-0.1, -0.05) is 6.07 Å². The van der Waals surface area contributed by atoms with Crippen LogP contribution >= 0.6 is 0 Å². The van der Waals surface area contributed by atoms with Crippen molar-refractivity contribution >= 4 is 0 Å². The molecule has 0 bridgehead atoms. The van der Waals surface area contributed by atoms with Crippen LogP contribution in [-0.4, -0.2) is 0 Å². The molecule has 68 valence electrons. The molecule has 13 heavy (non-hydrogen) atoms. The van der Waals surface area contributed by atoms with E-state index in [2.05, 4.69) is 0 Å². The van der Waals surface area contributed by atoms with Crippen molar-refractivity contribution in [2.75, 3.05) is 0 Å². The van der Waals surface area contributed by atoms with E-state index in [-0.39, 0.29) is 5.56 Å². The van der Waals surface area contributed by atoms with Crippen LogP contribution in [0.25, 0.3) is 0 Å². The Morgan fingerprint density at radius 2 is 1.92 bits per heavy atom. The fourth-order valence-corrected chi connectivity index (χ4v) is 0.919. The second kappa shape index (κ2) is 3.09. The van der Waals surface area contributed by atoms with Crippen LogP contribution in [0.2, 0.25) is 0 Å². The first kappa shape index (κ1) is 9.59. The number of rotatable bonds is 0. The molecule has 0 unspecified atom stereocenters. The lowest BCUT2D eigenvalue weighted by molar-refractivity contribution is -0.137. The third-order valence-corrected chi connectivity index (χ3v) is 1.69. The fourth-order valence-electron chi connectivity index (χ4n) is 0.919. The summed E-state index contributed by atoms with van der Waals surface area (Å²) >= 11 is 0. The summed E-state index contributed by atoms with van der Waals surface area (Å²) in [5.74, 6) is 0. The second-order valence-corrected chi connectivity index (χ2v) is 2.64. The highest BCUT2D eigenvalue weighted by molar-refractivity contribution is 5.40. The SMILES string of the molecule is Cc1ccc(C(F)(F)F)cc1C#N. The minimum atomic E-state index is -4.38. The first-order chi connectivity index (χ1) is 5.95. The van der Waals surface area contributed by atoms with E-state index >= 15 is 0 Å². The molecule has 0 radical (unpaired) electrons. The third-order valence-electron chi connectivity index (χ3n) is 1.69. The van der Waals surface area contributed by atoms with Crippen molar-refractivity contribution in [2.45, 2.75) is 13.1 Å². The summed E-state index contributed by atoms with van der Waals surface area (Å²) < 4.78 is 36.4. The first-order valence-corrected chi connectivity index (χ1v) is 3.53. The molecule has 0 atom stereocenters. The van der Waals surface area contributed by atoms with Crippen molar-refractivity contribution in [1.29, 1.82) is 5.26 Å². The number of hydrogen-bond donors (Lipinski definition) is 0. The largest absolute Gasteiger partial charge is 0.416 e. The van der Waals surface area contributed by atoms with Gasteiger partial charge in [0.25, 0.3) is 0 Å². The normalized spacial score (nSPS) is 11.0. The van der Waals surface area contributed by atoms with Gasteiger partial charge >= 0.3 is 6.18 Å². The van der Waals surface area contributed by atoms with Crippen LogP contribution in [-0.2, 0) is 6.18 Å². The second-order valence-electron chi connectivity index (χ2n) is 2.64. The molecule has 0 heterocycles. The number of nitrogens with zero attached hydrogens (tertiary/aromatic N) is 1. The molecule has 4 heteroatoms. The standard InChI is InChI=1S/C9H6F3N/c1-6-2-3-8(9(10,11)12)4-7(6)5-13/h2-4H,1H3. The maximum Gasteiger partial charge on any atom is 0.416 e. The Balaban J connectivity index is 3.24. The molecule has 0 aliphatic carbocycles. The van der Waals surface area contributed by atoms with Gasteiger partial charge in [0.15, 0.2) is 0 Å². The number of benzene rings is 1. The van der Waals surface area contributed by atoms with E-state index in [1.807, 2.05) is 0 Å². The van der Waals surface area contributed by atoms with E-state index in [0.29, 0.717) is 5.56 Å². The summed E-state index contributed by atoms with van der Waals surface area (Å²) in [6.45, 7) is 1.60. The predicted octanol–water partition coefficient (Wildman–Crippen LogP) is 2.89. The van der Waals surface area contributed by atoms with Crippen LogP contribution in [0, 0.1) is 18.3 Å². The van der Waals surface area contributed by atoms with Crippen LogP contribution in [0.15, 0.2) is 18.2 Å². The molecule has 0 aliphatic heterocycles. The van der Waals surface area contributed by atoms with Gasteiger partial charge in [0.2, 0.25) is 0 Å². The predicted molar refractivity (Wildman–Crippen MR) is 40.9 cm³/mol. The van der Waals surface area contributed by atoms with Crippen molar-refractivity contribution in [2.24, 2.45) is 0 Å². The Labute approximate surface area is 73.4 Å². The molecule has 1 aromatic rings. The van der Waals surface area contributed by atoms with Crippen LogP contribution in [0.5, 0.6) is 0 Å². The Morgan fingerprint density at radius 3 is 2.38 bits per heavy atom. The topological polar surface area (TPSA) is 23.8 Å². The molecule has 0 fully saturated rings. The van der Waals surface area contributed by atoms with Gasteiger partial charge in [-0.05, 0) is 24.6 Å². The van der Waals surface area contributed by atoms with Crippen molar-refractivity contribution in [1.82, 2.24) is 0 Å². The molecule has 0 saturated heterocycles. The zero-order valence-electron chi connectivity index (χ0n) is 6.81. The molecule has 0 N–H and O–H groups in total. The summed E-state index contributed by atoms with van der Waals surface area (Å²) in [6.07, 6.45) is -4.38. The van der Waals surface area contributed by atoms with Crippen molar-refractivity contribution < 1.29 is 13.2 Å². The minimum absolute atomic E-state index is 0.0647. The fraction of sp³-hybridized carbons (Fsp3) is 0.222. The van der Waals surface area contributed by atoms with Gasteiger partial charge in [-0.15, -0.1) is 0 Å². The van der Waals surface area contributed by atoms with Crippen LogP contribution in [0.1, 0.15) is 16.7 Å². The number of aryl methyl sites for hydroxylation is 1. The Bertz CT molecular complexity index is 360. The van der Waals surface area contributed by atoms with Crippen LogP contribution < -0.4 is 0 Å². The van der Waals surface area contributed by atoms with Gasteiger partial charge in [-0.25, -0.2) is 0 Å². The summed E-state index contributed by atoms with van der Waals surface area (Å²) in [5, 5.41) is 8.49. The molecule has 0 aromatic heterocycles. The van der Waals surface area contributed by atoms with Gasteiger partial charge < -0.3 is 0 Å². The Morgan fingerprint density at radius 1 is 1.31 bits per heavy atom. The van der Waals surface area contributed by atoms with Crippen LogP contribution in [0.4, 0.5) is 13.2 Å². The number of hydrogen-bond acceptors (Lipinski definition) is 1. The van der Waals surface area contributed by atoms with E-state index < -0.39 is 11.7 Å². The van der Waals surface area contributed by atoms with E-state index in [1.165, 1.54) is 6.07 Å². The molecular formula is C9H6F3N. The molecule has 1 rings (SSSR count). The summed E-state index contributed by atoms with van der Waals surface area (Å²) in [5.41, 5.74) is -0.167. The van der Waals surface area contributed by atoms with Gasteiger partial charge in [0.05, 0.1) is 17.2 Å². The summed E-state index contributed by atoms with van der Waals surface area (Å²) in [4.78, 5) is 0. The maximum absolute atomic E-state index is 12.1. The summed E-state index contributed by atoms with van der Waals surface area (Å²) in [6, 6.07) is 4.83. The molecule has 1 aromatic carbocycles. The van der Waals surface area contributed by atoms with E-state index in [9.17, 15) is 13.2 Å². The lowest BCUT2D eigenvalue weighted by atomic mass is 10.1. The maximum atomic E-state index is 12.1. The summed E-state index contributed by atoms with van der Waals surface area (Å²) in [7, 11) is 0. The number of halogens is 3. The Kier molecular flexibility index (Phi) is 2.28. The highest BCUT2D eigenvalue weighted by Crippen LogP contribution is 2.30. The van der Waals surface area contributed by atoms with E-state index in [0.717, 1.165) is 12.1 Å². The smallest absolute Gasteiger partial charge is 0.192 e. The van der Waals surface area contributed by atoms with Gasteiger partial charge in [-0.2, -0.15) is 18.4 Å².